The average molecular weight is 333 g/mol. The fourth-order valence-electron chi connectivity index (χ4n) is 2.00. The number of carbonyl (C=O) groups excluding carboxylic acids is 1. The van der Waals surface area contributed by atoms with Gasteiger partial charge in [0, 0.05) is 10.3 Å². The Bertz CT molecular complexity index is 640. The summed E-state index contributed by atoms with van der Waals surface area (Å²) in [5.41, 5.74) is 10.1. The van der Waals surface area contributed by atoms with Gasteiger partial charge in [-0.25, -0.2) is 0 Å². The van der Waals surface area contributed by atoms with Crippen LogP contribution in [0.5, 0.6) is 0 Å². The molecule has 0 saturated heterocycles. The van der Waals surface area contributed by atoms with Crippen molar-refractivity contribution in [1.29, 1.82) is 0 Å². The van der Waals surface area contributed by atoms with E-state index < -0.39 is 0 Å². The first-order valence-electron chi connectivity index (χ1n) is 7.09. The third-order valence-corrected chi connectivity index (χ3v) is 4.32. The molecule has 0 aliphatic rings. The standard InChI is InChI=1S/C16H19N3OS2/c1-2-6-14-9-13(11-22-14)15(20)18-19(16(17)21)10-12-7-4-3-5-8-12/h3-5,7-9,11H,2,6,10H2,1H3,(H2,17,21)(H,18,20). The first-order chi connectivity index (χ1) is 10.6. The summed E-state index contributed by atoms with van der Waals surface area (Å²) in [7, 11) is 0. The molecule has 0 aliphatic heterocycles. The maximum Gasteiger partial charge on any atom is 0.270 e. The monoisotopic (exact) mass is 333 g/mol. The van der Waals surface area contributed by atoms with E-state index in [4.69, 9.17) is 18.0 Å². The Kier molecular flexibility index (Phi) is 5.91. The predicted molar refractivity (Wildman–Crippen MR) is 94.6 cm³/mol. The molecule has 0 spiro atoms. The smallest absolute Gasteiger partial charge is 0.270 e. The number of amides is 1. The second-order valence-electron chi connectivity index (χ2n) is 4.90. The van der Waals surface area contributed by atoms with E-state index in [1.54, 1.807) is 11.3 Å². The third-order valence-electron chi connectivity index (χ3n) is 3.10. The number of nitrogens with one attached hydrogen (secondary N) is 1. The first kappa shape index (κ1) is 16.5. The van der Waals surface area contributed by atoms with Crippen LogP contribution in [0.4, 0.5) is 0 Å². The number of nitrogens with two attached hydrogens (primary N) is 1. The molecule has 0 aliphatic carbocycles. The highest BCUT2D eigenvalue weighted by Gasteiger charge is 2.14. The molecule has 1 amide bonds. The molecule has 0 atom stereocenters. The van der Waals surface area contributed by atoms with Crippen molar-refractivity contribution in [2.75, 3.05) is 0 Å². The van der Waals surface area contributed by atoms with E-state index in [2.05, 4.69) is 12.3 Å². The molecule has 2 aromatic rings. The van der Waals surface area contributed by atoms with Crippen LogP contribution in [-0.2, 0) is 13.0 Å². The van der Waals surface area contributed by atoms with Crippen LogP contribution in [-0.4, -0.2) is 16.0 Å². The highest BCUT2D eigenvalue weighted by molar-refractivity contribution is 7.80. The van der Waals surface area contributed by atoms with Crippen molar-refractivity contribution in [3.8, 4) is 0 Å². The molecule has 0 unspecified atom stereocenters. The lowest BCUT2D eigenvalue weighted by molar-refractivity contribution is 0.0866. The summed E-state index contributed by atoms with van der Waals surface area (Å²) in [6.07, 6.45) is 2.05. The summed E-state index contributed by atoms with van der Waals surface area (Å²) in [4.78, 5) is 13.5. The summed E-state index contributed by atoms with van der Waals surface area (Å²) >= 11 is 6.62. The van der Waals surface area contributed by atoms with Crippen molar-refractivity contribution in [1.82, 2.24) is 10.4 Å². The Labute approximate surface area is 139 Å². The zero-order valence-corrected chi connectivity index (χ0v) is 14.0. The summed E-state index contributed by atoms with van der Waals surface area (Å²) in [5, 5.41) is 3.49. The minimum atomic E-state index is -0.192. The van der Waals surface area contributed by atoms with E-state index in [-0.39, 0.29) is 11.0 Å². The fourth-order valence-corrected chi connectivity index (χ4v) is 3.08. The second-order valence-corrected chi connectivity index (χ2v) is 6.32. The predicted octanol–water partition coefficient (Wildman–Crippen LogP) is 3.09. The molecule has 0 bridgehead atoms. The number of nitrogens with zero attached hydrogens (tertiary/aromatic N) is 1. The van der Waals surface area contributed by atoms with Crippen LogP contribution in [0, 0.1) is 0 Å². The van der Waals surface area contributed by atoms with Gasteiger partial charge in [0.1, 0.15) is 0 Å². The minimum Gasteiger partial charge on any atom is -0.375 e. The lowest BCUT2D eigenvalue weighted by atomic mass is 10.2. The molecule has 6 heteroatoms. The molecule has 22 heavy (non-hydrogen) atoms. The zero-order chi connectivity index (χ0) is 15.9. The van der Waals surface area contributed by atoms with Crippen LogP contribution < -0.4 is 11.2 Å². The van der Waals surface area contributed by atoms with Gasteiger partial charge in [-0.05, 0) is 30.3 Å². The van der Waals surface area contributed by atoms with Gasteiger partial charge < -0.3 is 5.73 Å². The largest absolute Gasteiger partial charge is 0.375 e. The number of hydrogen-bond donors (Lipinski definition) is 2. The van der Waals surface area contributed by atoms with Gasteiger partial charge >= 0.3 is 0 Å². The Balaban J connectivity index is 2.03. The van der Waals surface area contributed by atoms with Crippen LogP contribution >= 0.6 is 23.6 Å². The van der Waals surface area contributed by atoms with Crippen molar-refractivity contribution in [3.63, 3.8) is 0 Å². The lowest BCUT2D eigenvalue weighted by Crippen LogP contribution is -2.48. The maximum absolute atomic E-state index is 12.3. The van der Waals surface area contributed by atoms with Gasteiger partial charge in [0.05, 0.1) is 12.1 Å². The first-order valence-corrected chi connectivity index (χ1v) is 8.38. The summed E-state index contributed by atoms with van der Waals surface area (Å²) in [6.45, 7) is 2.56. The number of thiocarbonyl (C=S) groups is 1. The molecular weight excluding hydrogens is 314 g/mol. The quantitative estimate of drug-likeness (QED) is 0.652. The Hall–Kier alpha value is -1.92. The van der Waals surface area contributed by atoms with E-state index in [0.717, 1.165) is 18.4 Å². The highest BCUT2D eigenvalue weighted by atomic mass is 32.1. The van der Waals surface area contributed by atoms with E-state index in [1.165, 1.54) is 9.89 Å². The Morgan fingerprint density at radius 1 is 1.36 bits per heavy atom. The summed E-state index contributed by atoms with van der Waals surface area (Å²) < 4.78 is 0. The Morgan fingerprint density at radius 2 is 2.09 bits per heavy atom. The molecule has 0 radical (unpaired) electrons. The molecule has 2 rings (SSSR count). The molecular formula is C16H19N3OS2. The van der Waals surface area contributed by atoms with Crippen molar-refractivity contribution >= 4 is 34.6 Å². The molecule has 3 N–H and O–H groups in total. The van der Waals surface area contributed by atoms with Crippen molar-refractivity contribution in [2.24, 2.45) is 5.73 Å². The normalized spacial score (nSPS) is 10.2. The molecule has 1 aromatic carbocycles. The van der Waals surface area contributed by atoms with Gasteiger partial charge in [0.25, 0.3) is 5.91 Å². The van der Waals surface area contributed by atoms with E-state index >= 15 is 0 Å². The SMILES string of the molecule is CCCc1cc(C(=O)NN(Cc2ccccc2)C(N)=S)cs1. The van der Waals surface area contributed by atoms with E-state index in [1.807, 2.05) is 41.8 Å². The maximum atomic E-state index is 12.3. The molecule has 0 fully saturated rings. The number of carbonyl (C=O) groups is 1. The van der Waals surface area contributed by atoms with Gasteiger partial charge in [-0.15, -0.1) is 11.3 Å². The van der Waals surface area contributed by atoms with Crippen LogP contribution in [0.25, 0.3) is 0 Å². The molecule has 116 valence electrons. The van der Waals surface area contributed by atoms with Crippen LogP contribution in [0.15, 0.2) is 41.8 Å². The Morgan fingerprint density at radius 3 is 2.73 bits per heavy atom. The zero-order valence-electron chi connectivity index (χ0n) is 12.4. The number of thiophene rings is 1. The molecule has 0 saturated carbocycles. The molecule has 1 aromatic heterocycles. The highest BCUT2D eigenvalue weighted by Crippen LogP contribution is 2.16. The lowest BCUT2D eigenvalue weighted by Gasteiger charge is -2.23. The van der Waals surface area contributed by atoms with E-state index in [9.17, 15) is 4.79 Å². The van der Waals surface area contributed by atoms with Crippen molar-refractivity contribution in [3.05, 3.63) is 57.8 Å². The molecule has 4 nitrogen and oxygen atoms in total. The van der Waals surface area contributed by atoms with Crippen molar-refractivity contribution < 1.29 is 4.79 Å². The topological polar surface area (TPSA) is 58.4 Å². The van der Waals surface area contributed by atoms with E-state index in [0.29, 0.717) is 12.1 Å². The number of aryl methyl sites for hydroxylation is 1. The van der Waals surface area contributed by atoms with Crippen molar-refractivity contribution in [2.45, 2.75) is 26.3 Å². The van der Waals surface area contributed by atoms with Gasteiger partial charge in [-0.1, -0.05) is 43.7 Å². The van der Waals surface area contributed by atoms with Gasteiger partial charge in [0.2, 0.25) is 0 Å². The third kappa shape index (κ3) is 4.54. The number of hydrogen-bond acceptors (Lipinski definition) is 3. The van der Waals surface area contributed by atoms with Crippen LogP contribution in [0.3, 0.4) is 0 Å². The second kappa shape index (κ2) is 7.91. The average Bonchev–Trinajstić information content (AvgIpc) is 2.96. The van der Waals surface area contributed by atoms with Crippen LogP contribution in [0.2, 0.25) is 0 Å². The van der Waals surface area contributed by atoms with Gasteiger partial charge in [-0.3, -0.25) is 15.2 Å². The minimum absolute atomic E-state index is 0.140. The number of hydrazine groups is 1. The number of benzene rings is 1. The summed E-state index contributed by atoms with van der Waals surface area (Å²) in [6, 6.07) is 11.6. The fraction of sp³-hybridized carbons (Fsp3) is 0.250. The summed E-state index contributed by atoms with van der Waals surface area (Å²) in [5.74, 6) is -0.192. The van der Waals surface area contributed by atoms with Gasteiger partial charge in [-0.2, -0.15) is 0 Å². The van der Waals surface area contributed by atoms with Crippen LogP contribution in [0.1, 0.15) is 34.1 Å². The number of rotatable bonds is 5. The van der Waals surface area contributed by atoms with Gasteiger partial charge in [0.15, 0.2) is 5.11 Å². The molecule has 1 heterocycles.